The molecule has 4 aromatic carbocycles. The van der Waals surface area contributed by atoms with Crippen molar-refractivity contribution < 1.29 is 23.9 Å². The average Bonchev–Trinajstić information content (AvgIpc) is 3.95. The second-order valence-corrected chi connectivity index (χ2v) is 15.7. The van der Waals surface area contributed by atoms with E-state index in [9.17, 15) is 19.2 Å². The minimum Gasteiger partial charge on any atom is -0.355 e. The summed E-state index contributed by atoms with van der Waals surface area (Å²) in [6.07, 6.45) is -0.841. The number of benzene rings is 4. The van der Waals surface area contributed by atoms with Gasteiger partial charge in [0.25, 0.3) is 11.8 Å². The van der Waals surface area contributed by atoms with Gasteiger partial charge in [-0.2, -0.15) is 0 Å². The van der Waals surface area contributed by atoms with Gasteiger partial charge in [0.1, 0.15) is 39.1 Å². The topological polar surface area (TPSA) is 151 Å². The van der Waals surface area contributed by atoms with Crippen LogP contribution in [-0.2, 0) is 26.3 Å². The quantitative estimate of drug-likeness (QED) is 0.128. The molecular weight excluding hydrogens is 757 g/mol. The summed E-state index contributed by atoms with van der Waals surface area (Å²) in [5.74, 6) is -2.13. The maximum Gasteiger partial charge on any atom is 0.271 e. The Balaban J connectivity index is 1.31. The number of nitrogens with zero attached hydrogens (tertiary/aromatic N) is 2. The summed E-state index contributed by atoms with van der Waals surface area (Å²) >= 11 is 2.46. The molecule has 0 spiro atoms. The Kier molecular flexibility index (Phi) is 12.0. The molecular formula is C44H42N6O5S2. The monoisotopic (exact) mass is 798 g/mol. The summed E-state index contributed by atoms with van der Waals surface area (Å²) in [5.41, 5.74) is 2.29. The van der Waals surface area contributed by atoms with E-state index in [-0.39, 0.29) is 17.8 Å². The summed E-state index contributed by atoms with van der Waals surface area (Å²) in [6, 6.07) is 35.0. The van der Waals surface area contributed by atoms with Crippen molar-refractivity contribution in [3.8, 4) is 0 Å². The molecule has 11 nitrogen and oxygen atoms in total. The number of hydrogen-bond acceptors (Lipinski definition) is 9. The number of rotatable bonds is 8. The van der Waals surface area contributed by atoms with E-state index in [1.165, 1.54) is 22.7 Å². The van der Waals surface area contributed by atoms with Crippen LogP contribution in [0.4, 0.5) is 0 Å². The maximum atomic E-state index is 14.6. The van der Waals surface area contributed by atoms with Crippen molar-refractivity contribution in [2.75, 3.05) is 0 Å². The summed E-state index contributed by atoms with van der Waals surface area (Å²) in [4.78, 5) is 65.3. The fourth-order valence-electron chi connectivity index (χ4n) is 6.89. The number of hydrogen-bond donors (Lipinski definition) is 4. The molecule has 0 aliphatic carbocycles. The third-order valence-corrected chi connectivity index (χ3v) is 11.9. The number of aromatic nitrogens is 2. The molecule has 5 atom stereocenters. The van der Waals surface area contributed by atoms with Gasteiger partial charge in [-0.05, 0) is 43.0 Å². The molecule has 6 aromatic rings. The fraction of sp³-hybridized carbons (Fsp3) is 0.227. The largest absolute Gasteiger partial charge is 0.355 e. The molecule has 3 heterocycles. The molecule has 0 radical (unpaired) electrons. The van der Waals surface area contributed by atoms with Crippen LogP contribution in [-0.4, -0.2) is 51.8 Å². The predicted molar refractivity (Wildman–Crippen MR) is 220 cm³/mol. The fourth-order valence-corrected chi connectivity index (χ4v) is 8.50. The third kappa shape index (κ3) is 8.70. The lowest BCUT2D eigenvalue weighted by atomic mass is 9.79. The second kappa shape index (κ2) is 17.4. The van der Waals surface area contributed by atoms with E-state index in [0.29, 0.717) is 10.0 Å². The first-order valence-electron chi connectivity index (χ1n) is 18.6. The molecule has 2 aromatic heterocycles. The predicted octanol–water partition coefficient (Wildman–Crippen LogP) is 6.50. The molecule has 57 heavy (non-hydrogen) atoms. The molecule has 4 amide bonds. The zero-order chi connectivity index (χ0) is 39.9. The second-order valence-electron chi connectivity index (χ2n) is 13.9. The Bertz CT molecular complexity index is 2220. The van der Waals surface area contributed by atoms with Crippen molar-refractivity contribution >= 4 is 46.3 Å². The third-order valence-electron chi connectivity index (χ3n) is 9.81. The van der Waals surface area contributed by atoms with Crippen LogP contribution in [0.1, 0.15) is 86.1 Å². The van der Waals surface area contributed by atoms with Crippen molar-refractivity contribution in [1.29, 1.82) is 0 Å². The van der Waals surface area contributed by atoms with Crippen molar-refractivity contribution in [3.63, 3.8) is 0 Å². The van der Waals surface area contributed by atoms with Gasteiger partial charge >= 0.3 is 0 Å². The van der Waals surface area contributed by atoms with Crippen LogP contribution in [0.25, 0.3) is 0 Å². The van der Waals surface area contributed by atoms with Gasteiger partial charge in [-0.25, -0.2) is 9.97 Å². The first-order valence-corrected chi connectivity index (χ1v) is 20.4. The normalized spacial score (nSPS) is 19.9. The van der Waals surface area contributed by atoms with Crippen molar-refractivity contribution in [3.05, 3.63) is 176 Å². The van der Waals surface area contributed by atoms with Gasteiger partial charge in [-0.1, -0.05) is 121 Å². The van der Waals surface area contributed by atoms with Gasteiger partial charge in [0.2, 0.25) is 11.8 Å². The van der Waals surface area contributed by atoms with E-state index < -0.39 is 59.5 Å². The van der Waals surface area contributed by atoms with Crippen molar-refractivity contribution in [2.24, 2.45) is 0 Å². The van der Waals surface area contributed by atoms with Crippen molar-refractivity contribution in [2.45, 2.75) is 63.1 Å². The Labute approximate surface area is 338 Å². The van der Waals surface area contributed by atoms with Crippen LogP contribution in [0.2, 0.25) is 0 Å². The van der Waals surface area contributed by atoms with E-state index in [0.717, 1.165) is 22.3 Å². The van der Waals surface area contributed by atoms with Crippen LogP contribution in [0.5, 0.6) is 0 Å². The lowest BCUT2D eigenvalue weighted by molar-refractivity contribution is -0.137. The van der Waals surface area contributed by atoms with E-state index in [1.807, 2.05) is 121 Å². The maximum absolute atomic E-state index is 14.6. The number of amides is 4. The Morgan fingerprint density at radius 2 is 1.04 bits per heavy atom. The van der Waals surface area contributed by atoms with E-state index in [4.69, 9.17) is 4.74 Å². The standard InChI is InChI=1S/C44H42N6O5S2/c1-27-42-49-36(26-57-42)40(53)47-34(24-30-16-8-4-9-17-30)38(51)50-37(41(54)46-28(2)43-48-35(25-56-43)39(52)45-27)29(3)55-44(31-18-10-5-11-19-31,32-20-12-6-13-21-32)33-22-14-7-15-23-33/h4-23,25-29,34,37H,24H2,1-3H3,(H,45,52)(H,46,54)(H,47,53)(H,50,51)/t27-,28-,29+,34-,37-/m0/s1. The summed E-state index contributed by atoms with van der Waals surface area (Å²) < 4.78 is 7.23. The zero-order valence-electron chi connectivity index (χ0n) is 31.5. The number of carbonyl (C=O) groups is 4. The number of thiazole rings is 2. The number of nitrogens with one attached hydrogen (secondary N) is 4. The zero-order valence-corrected chi connectivity index (χ0v) is 33.2. The Morgan fingerprint density at radius 3 is 1.53 bits per heavy atom. The highest BCUT2D eigenvalue weighted by Crippen LogP contribution is 2.42. The highest BCUT2D eigenvalue weighted by molar-refractivity contribution is 7.10. The van der Waals surface area contributed by atoms with E-state index in [2.05, 4.69) is 31.2 Å². The van der Waals surface area contributed by atoms with Crippen LogP contribution in [0.3, 0.4) is 0 Å². The van der Waals surface area contributed by atoms with Gasteiger partial charge in [-0.3, -0.25) is 19.2 Å². The number of carbonyl (C=O) groups excluding carboxylic acids is 4. The van der Waals surface area contributed by atoms with Crippen LogP contribution in [0, 0.1) is 0 Å². The minimum absolute atomic E-state index is 0.0946. The van der Waals surface area contributed by atoms with Gasteiger partial charge in [0, 0.05) is 17.2 Å². The van der Waals surface area contributed by atoms with E-state index >= 15 is 0 Å². The highest BCUT2D eigenvalue weighted by atomic mass is 32.1. The van der Waals surface area contributed by atoms with E-state index in [1.54, 1.807) is 31.5 Å². The highest BCUT2D eigenvalue weighted by Gasteiger charge is 2.43. The SMILES string of the molecule is C[C@@H]1NC(=O)c2csc(n2)[C@H](C)NC(=O)[C@H]([C@@H](C)OC(c2ccccc2)(c2ccccc2)c2ccccc2)NC(=O)[C@H](Cc2ccccc2)NC(=O)c2csc1n2. The molecule has 7 rings (SSSR count). The van der Waals surface area contributed by atoms with Crippen LogP contribution >= 0.6 is 22.7 Å². The molecule has 13 heteroatoms. The molecule has 290 valence electrons. The molecule has 1 aliphatic rings. The van der Waals surface area contributed by atoms with Gasteiger partial charge in [0.15, 0.2) is 0 Å². The summed E-state index contributed by atoms with van der Waals surface area (Å²) in [6.45, 7) is 5.28. The minimum atomic E-state index is -1.28. The number of ether oxygens (including phenoxy) is 1. The lowest BCUT2D eigenvalue weighted by Gasteiger charge is -2.40. The smallest absolute Gasteiger partial charge is 0.271 e. The molecule has 0 saturated carbocycles. The van der Waals surface area contributed by atoms with Gasteiger partial charge < -0.3 is 26.0 Å². The Morgan fingerprint density at radius 1 is 0.596 bits per heavy atom. The summed E-state index contributed by atoms with van der Waals surface area (Å²) in [7, 11) is 0. The molecule has 1 aliphatic heterocycles. The van der Waals surface area contributed by atoms with Gasteiger partial charge in [0.05, 0.1) is 18.2 Å². The van der Waals surface area contributed by atoms with Crippen molar-refractivity contribution in [1.82, 2.24) is 31.2 Å². The molecule has 4 N–H and O–H groups in total. The average molecular weight is 799 g/mol. The van der Waals surface area contributed by atoms with Crippen LogP contribution in [0.15, 0.2) is 132 Å². The molecule has 4 bridgehead atoms. The summed E-state index contributed by atoms with van der Waals surface area (Å²) in [5, 5.41) is 16.0. The Hall–Kier alpha value is -6.02. The molecule has 0 fully saturated rings. The number of fused-ring (bicyclic) bond motifs is 4. The first-order chi connectivity index (χ1) is 27.6. The first kappa shape index (κ1) is 39.2. The lowest BCUT2D eigenvalue weighted by Crippen LogP contribution is -2.59. The van der Waals surface area contributed by atoms with Gasteiger partial charge in [-0.15, -0.1) is 22.7 Å². The van der Waals surface area contributed by atoms with Crippen LogP contribution < -0.4 is 21.3 Å². The molecule has 0 unspecified atom stereocenters. The molecule has 0 saturated heterocycles.